The van der Waals surface area contributed by atoms with Gasteiger partial charge in [-0.1, -0.05) is 12.8 Å². The average molecular weight is 286 g/mol. The van der Waals surface area contributed by atoms with Gasteiger partial charge in [-0.15, -0.1) is 0 Å². The average Bonchev–Trinajstić information content (AvgIpc) is 2.83. The van der Waals surface area contributed by atoms with Crippen LogP contribution in [0.25, 0.3) is 0 Å². The van der Waals surface area contributed by atoms with Gasteiger partial charge in [-0.05, 0) is 25.7 Å². The van der Waals surface area contributed by atoms with Gasteiger partial charge in [0.25, 0.3) is 0 Å². The lowest BCUT2D eigenvalue weighted by Crippen LogP contribution is -2.59. The third-order valence-electron chi connectivity index (χ3n) is 3.60. The fourth-order valence-corrected chi connectivity index (χ4v) is 2.39. The molecule has 8 heteroatoms. The van der Waals surface area contributed by atoms with E-state index in [9.17, 15) is 14.4 Å². The van der Waals surface area contributed by atoms with E-state index in [4.69, 9.17) is 16.6 Å². The van der Waals surface area contributed by atoms with E-state index in [1.54, 1.807) is 0 Å². The van der Waals surface area contributed by atoms with E-state index < -0.39 is 29.5 Å². The highest BCUT2D eigenvalue weighted by molar-refractivity contribution is 5.92. The number of carbonyl (C=O) groups excluding carboxylic acids is 2. The third kappa shape index (κ3) is 4.37. The largest absolute Gasteiger partial charge is 0.465 e. The fraction of sp³-hybridized carbons (Fsp3) is 0.750. The van der Waals surface area contributed by atoms with Gasteiger partial charge in [0, 0.05) is 6.54 Å². The van der Waals surface area contributed by atoms with Crippen molar-refractivity contribution in [1.82, 2.24) is 10.6 Å². The molecule has 0 aromatic carbocycles. The van der Waals surface area contributed by atoms with Crippen LogP contribution in [-0.2, 0) is 9.59 Å². The molecule has 1 saturated carbocycles. The van der Waals surface area contributed by atoms with Crippen LogP contribution in [-0.4, -0.2) is 41.1 Å². The molecule has 0 aromatic rings. The molecule has 7 N–H and O–H groups in total. The van der Waals surface area contributed by atoms with E-state index in [1.165, 1.54) is 0 Å². The second kappa shape index (κ2) is 7.09. The number of amides is 3. The van der Waals surface area contributed by atoms with Crippen LogP contribution in [0.3, 0.4) is 0 Å². The quantitative estimate of drug-likeness (QED) is 0.391. The van der Waals surface area contributed by atoms with Gasteiger partial charge in [0.15, 0.2) is 0 Å². The summed E-state index contributed by atoms with van der Waals surface area (Å²) < 4.78 is 0. The van der Waals surface area contributed by atoms with Gasteiger partial charge in [0.1, 0.15) is 5.54 Å². The predicted molar refractivity (Wildman–Crippen MR) is 71.8 cm³/mol. The smallest absolute Gasteiger partial charge is 0.404 e. The maximum Gasteiger partial charge on any atom is 0.404 e. The number of carboxylic acid groups (broad SMARTS) is 1. The molecule has 0 bridgehead atoms. The maximum absolute atomic E-state index is 12.0. The highest BCUT2D eigenvalue weighted by atomic mass is 16.4. The van der Waals surface area contributed by atoms with Crippen molar-refractivity contribution in [2.24, 2.45) is 11.5 Å². The fourth-order valence-electron chi connectivity index (χ4n) is 2.39. The van der Waals surface area contributed by atoms with Crippen molar-refractivity contribution in [1.29, 1.82) is 0 Å². The maximum atomic E-state index is 12.0. The molecule has 0 saturated heterocycles. The number of primary amides is 1. The first kappa shape index (κ1) is 16.2. The number of rotatable bonds is 7. The Hall–Kier alpha value is -1.83. The second-order valence-corrected chi connectivity index (χ2v) is 5.12. The van der Waals surface area contributed by atoms with Crippen molar-refractivity contribution >= 4 is 17.9 Å². The molecule has 0 radical (unpaired) electrons. The summed E-state index contributed by atoms with van der Waals surface area (Å²) in [5, 5.41) is 13.3. The first-order chi connectivity index (χ1) is 9.37. The molecule has 0 aliphatic heterocycles. The van der Waals surface area contributed by atoms with Crippen molar-refractivity contribution in [2.45, 2.75) is 50.1 Å². The summed E-state index contributed by atoms with van der Waals surface area (Å²) in [7, 11) is 0. The number of nitrogens with one attached hydrogen (secondary N) is 2. The summed E-state index contributed by atoms with van der Waals surface area (Å²) in [6, 6.07) is -0.776. The Morgan fingerprint density at radius 3 is 2.35 bits per heavy atom. The summed E-state index contributed by atoms with van der Waals surface area (Å²) in [5.74, 6) is -0.941. The van der Waals surface area contributed by atoms with Gasteiger partial charge < -0.3 is 27.2 Å². The van der Waals surface area contributed by atoms with Gasteiger partial charge in [-0.3, -0.25) is 9.59 Å². The minimum atomic E-state index is -1.11. The van der Waals surface area contributed by atoms with E-state index in [2.05, 4.69) is 10.6 Å². The van der Waals surface area contributed by atoms with Crippen LogP contribution in [0.15, 0.2) is 0 Å². The molecular weight excluding hydrogens is 264 g/mol. The van der Waals surface area contributed by atoms with E-state index in [0.29, 0.717) is 25.7 Å². The van der Waals surface area contributed by atoms with Crippen LogP contribution in [0, 0.1) is 0 Å². The zero-order chi connectivity index (χ0) is 15.2. The molecule has 1 aliphatic carbocycles. The van der Waals surface area contributed by atoms with Gasteiger partial charge in [0.05, 0.1) is 6.04 Å². The molecule has 8 nitrogen and oxygen atoms in total. The first-order valence-corrected chi connectivity index (χ1v) is 6.72. The molecule has 0 heterocycles. The Labute approximate surface area is 117 Å². The lowest BCUT2D eigenvalue weighted by atomic mass is 9.96. The van der Waals surface area contributed by atoms with E-state index >= 15 is 0 Å². The number of hydrogen-bond acceptors (Lipinski definition) is 4. The molecule has 1 rings (SSSR count). The lowest BCUT2D eigenvalue weighted by molar-refractivity contribution is -0.132. The lowest BCUT2D eigenvalue weighted by Gasteiger charge is -2.28. The normalized spacial score (nSPS) is 18.2. The Balaban J connectivity index is 2.40. The summed E-state index contributed by atoms with van der Waals surface area (Å²) in [6.07, 6.45) is 2.46. The zero-order valence-electron chi connectivity index (χ0n) is 11.4. The molecule has 0 spiro atoms. The molecule has 0 aromatic heterocycles. The molecular formula is C12H22N4O4. The van der Waals surface area contributed by atoms with Crippen LogP contribution < -0.4 is 22.1 Å². The van der Waals surface area contributed by atoms with Crippen molar-refractivity contribution in [3.8, 4) is 0 Å². The second-order valence-electron chi connectivity index (χ2n) is 5.12. The van der Waals surface area contributed by atoms with Crippen molar-refractivity contribution < 1.29 is 19.5 Å². The first-order valence-electron chi connectivity index (χ1n) is 6.72. The standard InChI is InChI=1S/C12H22N4O4/c13-8(4-3-7-15-11(19)20)9(17)16-12(10(14)18)5-1-2-6-12/h8,15H,1-7,13H2,(H2,14,18)(H,16,17)(H,19,20). The van der Waals surface area contributed by atoms with Crippen molar-refractivity contribution in [3.63, 3.8) is 0 Å². The van der Waals surface area contributed by atoms with Gasteiger partial charge >= 0.3 is 6.09 Å². The Bertz CT molecular complexity index is 380. The van der Waals surface area contributed by atoms with Gasteiger partial charge in [-0.2, -0.15) is 0 Å². The molecule has 1 unspecified atom stereocenters. The molecule has 3 amide bonds. The third-order valence-corrected chi connectivity index (χ3v) is 3.60. The van der Waals surface area contributed by atoms with Crippen LogP contribution in [0.1, 0.15) is 38.5 Å². The Morgan fingerprint density at radius 2 is 1.85 bits per heavy atom. The minimum absolute atomic E-state index is 0.233. The molecule has 1 aliphatic rings. The van der Waals surface area contributed by atoms with Crippen LogP contribution in [0.4, 0.5) is 4.79 Å². The number of hydrogen-bond donors (Lipinski definition) is 5. The predicted octanol–water partition coefficient (Wildman–Crippen LogP) is -0.724. The zero-order valence-corrected chi connectivity index (χ0v) is 11.4. The summed E-state index contributed by atoms with van der Waals surface area (Å²) >= 11 is 0. The van der Waals surface area contributed by atoms with Crippen molar-refractivity contribution in [3.05, 3.63) is 0 Å². The highest BCUT2D eigenvalue weighted by Gasteiger charge is 2.41. The van der Waals surface area contributed by atoms with E-state index in [0.717, 1.165) is 12.8 Å². The number of carbonyl (C=O) groups is 3. The number of nitrogens with two attached hydrogens (primary N) is 2. The molecule has 1 fully saturated rings. The monoisotopic (exact) mass is 286 g/mol. The summed E-state index contributed by atoms with van der Waals surface area (Å²) in [5.41, 5.74) is 10.1. The van der Waals surface area contributed by atoms with Crippen LogP contribution >= 0.6 is 0 Å². The van der Waals surface area contributed by atoms with E-state index in [1.807, 2.05) is 0 Å². The SMILES string of the molecule is NC(=O)C1(NC(=O)C(N)CCCNC(=O)O)CCCC1. The summed E-state index contributed by atoms with van der Waals surface area (Å²) in [4.78, 5) is 33.7. The minimum Gasteiger partial charge on any atom is -0.465 e. The van der Waals surface area contributed by atoms with Gasteiger partial charge in [-0.25, -0.2) is 4.79 Å². The molecule has 1 atom stereocenters. The molecule has 114 valence electrons. The Kier molecular flexibility index (Phi) is 5.75. The Morgan fingerprint density at radius 1 is 1.25 bits per heavy atom. The van der Waals surface area contributed by atoms with Crippen molar-refractivity contribution in [2.75, 3.05) is 6.54 Å². The topological polar surface area (TPSA) is 148 Å². The molecule has 20 heavy (non-hydrogen) atoms. The van der Waals surface area contributed by atoms with E-state index in [-0.39, 0.29) is 6.54 Å². The van der Waals surface area contributed by atoms with Gasteiger partial charge in [0.2, 0.25) is 11.8 Å². The van der Waals surface area contributed by atoms with Crippen LogP contribution in [0.2, 0.25) is 0 Å². The summed E-state index contributed by atoms with van der Waals surface area (Å²) in [6.45, 7) is 0.233. The highest BCUT2D eigenvalue weighted by Crippen LogP contribution is 2.29. The van der Waals surface area contributed by atoms with Crippen LogP contribution in [0.5, 0.6) is 0 Å².